The van der Waals surface area contributed by atoms with E-state index in [0.717, 1.165) is 16.9 Å². The van der Waals surface area contributed by atoms with Crippen molar-refractivity contribution in [3.63, 3.8) is 0 Å². The monoisotopic (exact) mass is 268 g/mol. The third kappa shape index (κ3) is 2.48. The predicted molar refractivity (Wildman–Crippen MR) is 68.6 cm³/mol. The molecule has 0 unspecified atom stereocenters. The Hall–Kier alpha value is -1.56. The van der Waals surface area contributed by atoms with E-state index in [0.29, 0.717) is 19.4 Å². The highest BCUT2D eigenvalue weighted by molar-refractivity contribution is 7.10. The van der Waals surface area contributed by atoms with Gasteiger partial charge >= 0.3 is 12.0 Å². The number of amides is 2. The first kappa shape index (κ1) is 12.9. The van der Waals surface area contributed by atoms with Crippen LogP contribution in [0.15, 0.2) is 11.4 Å². The van der Waals surface area contributed by atoms with E-state index >= 15 is 0 Å². The molecule has 2 amide bonds. The number of carboxylic acids is 1. The molecule has 1 fully saturated rings. The third-order valence-electron chi connectivity index (χ3n) is 3.35. The molecule has 5 nitrogen and oxygen atoms in total. The van der Waals surface area contributed by atoms with E-state index in [9.17, 15) is 9.59 Å². The van der Waals surface area contributed by atoms with Crippen molar-refractivity contribution in [1.82, 2.24) is 10.6 Å². The van der Waals surface area contributed by atoms with Gasteiger partial charge in [-0.2, -0.15) is 0 Å². The molecule has 1 aliphatic carbocycles. The van der Waals surface area contributed by atoms with E-state index in [2.05, 4.69) is 10.6 Å². The van der Waals surface area contributed by atoms with Gasteiger partial charge in [-0.15, -0.1) is 11.3 Å². The standard InChI is InChI=1S/C12H16N2O3S/c1-8-3-6-18-9(8)7-13-11(17)14-12(10(15)16)4-2-5-12/h3,6H,2,4-5,7H2,1H3,(H,15,16)(H2,13,14,17). The van der Waals surface area contributed by atoms with E-state index in [4.69, 9.17) is 5.11 Å². The number of thiophene rings is 1. The van der Waals surface area contributed by atoms with Gasteiger partial charge in [-0.3, -0.25) is 0 Å². The van der Waals surface area contributed by atoms with Gasteiger partial charge in [-0.05, 0) is 43.2 Å². The molecule has 1 aliphatic rings. The lowest BCUT2D eigenvalue weighted by molar-refractivity contribution is -0.148. The highest BCUT2D eigenvalue weighted by Crippen LogP contribution is 2.31. The Kier molecular flexibility index (Phi) is 3.56. The number of nitrogens with one attached hydrogen (secondary N) is 2. The summed E-state index contributed by atoms with van der Waals surface area (Å²) in [7, 11) is 0. The summed E-state index contributed by atoms with van der Waals surface area (Å²) in [4.78, 5) is 23.9. The smallest absolute Gasteiger partial charge is 0.329 e. The third-order valence-corrected chi connectivity index (χ3v) is 4.37. The van der Waals surface area contributed by atoms with E-state index < -0.39 is 17.5 Å². The maximum Gasteiger partial charge on any atom is 0.329 e. The normalized spacial score (nSPS) is 16.7. The lowest BCUT2D eigenvalue weighted by atomic mass is 9.77. The summed E-state index contributed by atoms with van der Waals surface area (Å²) in [6.07, 6.45) is 1.86. The van der Waals surface area contributed by atoms with Crippen LogP contribution >= 0.6 is 11.3 Å². The van der Waals surface area contributed by atoms with Crippen LogP contribution in [0.25, 0.3) is 0 Å². The van der Waals surface area contributed by atoms with Gasteiger partial charge in [0, 0.05) is 4.88 Å². The molecule has 1 aromatic rings. The van der Waals surface area contributed by atoms with Crippen molar-refractivity contribution in [2.45, 2.75) is 38.3 Å². The number of aryl methyl sites for hydroxylation is 1. The second-order valence-electron chi connectivity index (χ2n) is 4.58. The first-order valence-electron chi connectivity index (χ1n) is 5.86. The molecule has 0 bridgehead atoms. The SMILES string of the molecule is Cc1ccsc1CNC(=O)NC1(C(=O)O)CCC1. The van der Waals surface area contributed by atoms with Gasteiger partial charge in [0.15, 0.2) is 0 Å². The molecule has 1 saturated carbocycles. The molecule has 0 aromatic carbocycles. The Balaban J connectivity index is 1.86. The maximum atomic E-state index is 11.7. The Bertz CT molecular complexity index is 466. The van der Waals surface area contributed by atoms with Crippen LogP contribution in [0.1, 0.15) is 29.7 Å². The number of hydrogen-bond donors (Lipinski definition) is 3. The van der Waals surface area contributed by atoms with Gasteiger partial charge in [0.05, 0.1) is 6.54 Å². The van der Waals surface area contributed by atoms with Crippen LogP contribution in [0, 0.1) is 6.92 Å². The predicted octanol–water partition coefficient (Wildman–Crippen LogP) is 1.86. The average Bonchev–Trinajstić information content (AvgIpc) is 2.66. The van der Waals surface area contributed by atoms with Crippen LogP contribution < -0.4 is 10.6 Å². The molecule has 3 N–H and O–H groups in total. The minimum absolute atomic E-state index is 0.412. The van der Waals surface area contributed by atoms with Crippen molar-refractivity contribution in [3.05, 3.63) is 21.9 Å². The van der Waals surface area contributed by atoms with Gasteiger partial charge in [0.25, 0.3) is 0 Å². The van der Waals surface area contributed by atoms with Crippen molar-refractivity contribution in [3.8, 4) is 0 Å². The maximum absolute atomic E-state index is 11.7. The van der Waals surface area contributed by atoms with E-state index in [1.54, 1.807) is 11.3 Å². The first-order valence-corrected chi connectivity index (χ1v) is 6.74. The number of rotatable bonds is 4. The van der Waals surface area contributed by atoms with E-state index in [-0.39, 0.29) is 0 Å². The molecule has 0 atom stereocenters. The number of carbonyl (C=O) groups excluding carboxylic acids is 1. The van der Waals surface area contributed by atoms with Crippen LogP contribution in [-0.4, -0.2) is 22.6 Å². The molecule has 98 valence electrons. The fraction of sp³-hybridized carbons (Fsp3) is 0.500. The molecule has 0 radical (unpaired) electrons. The molecular formula is C12H16N2O3S. The first-order chi connectivity index (χ1) is 8.53. The van der Waals surface area contributed by atoms with Gasteiger partial charge in [0.1, 0.15) is 5.54 Å². The van der Waals surface area contributed by atoms with Crippen LogP contribution in [0.4, 0.5) is 4.79 Å². The van der Waals surface area contributed by atoms with E-state index in [1.807, 2.05) is 18.4 Å². The van der Waals surface area contributed by atoms with Crippen LogP contribution in [-0.2, 0) is 11.3 Å². The summed E-state index contributed by atoms with van der Waals surface area (Å²) < 4.78 is 0. The highest BCUT2D eigenvalue weighted by atomic mass is 32.1. The van der Waals surface area contributed by atoms with Crippen molar-refractivity contribution in [2.75, 3.05) is 0 Å². The van der Waals surface area contributed by atoms with Gasteiger partial charge in [-0.1, -0.05) is 0 Å². The summed E-state index contributed by atoms with van der Waals surface area (Å²) in [5, 5.41) is 16.3. The molecule has 0 saturated heterocycles. The van der Waals surface area contributed by atoms with Gasteiger partial charge in [-0.25, -0.2) is 9.59 Å². The number of aliphatic carboxylic acids is 1. The fourth-order valence-corrected chi connectivity index (χ4v) is 2.78. The Morgan fingerprint density at radius 1 is 1.50 bits per heavy atom. The van der Waals surface area contributed by atoms with Crippen LogP contribution in [0.5, 0.6) is 0 Å². The molecule has 18 heavy (non-hydrogen) atoms. The molecule has 2 rings (SSSR count). The number of hydrogen-bond acceptors (Lipinski definition) is 3. The lowest BCUT2D eigenvalue weighted by Gasteiger charge is -2.38. The minimum atomic E-state index is -1.05. The van der Waals surface area contributed by atoms with E-state index in [1.165, 1.54) is 0 Å². The Labute approximate surface area is 109 Å². The number of carboxylic acid groups (broad SMARTS) is 1. The van der Waals surface area contributed by atoms with Gasteiger partial charge in [0.2, 0.25) is 0 Å². The fourth-order valence-electron chi connectivity index (χ4n) is 1.93. The van der Waals surface area contributed by atoms with Crippen LogP contribution in [0.2, 0.25) is 0 Å². The summed E-state index contributed by atoms with van der Waals surface area (Å²) in [6, 6.07) is 1.58. The summed E-state index contributed by atoms with van der Waals surface area (Å²) in [6.45, 7) is 2.42. The topological polar surface area (TPSA) is 78.4 Å². The van der Waals surface area contributed by atoms with Crippen molar-refractivity contribution >= 4 is 23.3 Å². The molecule has 1 aromatic heterocycles. The van der Waals surface area contributed by atoms with Crippen molar-refractivity contribution in [1.29, 1.82) is 0 Å². The second kappa shape index (κ2) is 4.97. The molecule has 6 heteroatoms. The lowest BCUT2D eigenvalue weighted by Crippen LogP contribution is -2.61. The molecular weight excluding hydrogens is 252 g/mol. The molecule has 0 aliphatic heterocycles. The quantitative estimate of drug-likeness (QED) is 0.780. The highest BCUT2D eigenvalue weighted by Gasteiger charge is 2.45. The molecule has 1 heterocycles. The van der Waals surface area contributed by atoms with Crippen LogP contribution in [0.3, 0.4) is 0 Å². The average molecular weight is 268 g/mol. The summed E-state index contributed by atoms with van der Waals surface area (Å²) in [5.74, 6) is -0.948. The minimum Gasteiger partial charge on any atom is -0.480 e. The zero-order valence-electron chi connectivity index (χ0n) is 10.2. The van der Waals surface area contributed by atoms with Crippen molar-refractivity contribution < 1.29 is 14.7 Å². The number of urea groups is 1. The van der Waals surface area contributed by atoms with Crippen molar-refractivity contribution in [2.24, 2.45) is 0 Å². The zero-order chi connectivity index (χ0) is 13.2. The largest absolute Gasteiger partial charge is 0.480 e. The Morgan fingerprint density at radius 3 is 2.67 bits per heavy atom. The Morgan fingerprint density at radius 2 is 2.22 bits per heavy atom. The zero-order valence-corrected chi connectivity index (χ0v) is 11.0. The number of carbonyl (C=O) groups is 2. The molecule has 0 spiro atoms. The summed E-state index contributed by atoms with van der Waals surface area (Å²) in [5.41, 5.74) is 0.0890. The summed E-state index contributed by atoms with van der Waals surface area (Å²) >= 11 is 1.58. The second-order valence-corrected chi connectivity index (χ2v) is 5.58. The van der Waals surface area contributed by atoms with Gasteiger partial charge < -0.3 is 15.7 Å².